The SMILES string of the molecule is CC(=O)CC[C@H](NC(=O)N[C@@H](CCCCC(=O)C(C)C)C(C)=O)C(C)=O. The van der Waals surface area contributed by atoms with Gasteiger partial charge in [0.2, 0.25) is 0 Å². The lowest BCUT2D eigenvalue weighted by atomic mass is 10.00. The first-order valence-electron chi connectivity index (χ1n) is 9.14. The number of carbonyl (C=O) groups excluding carboxylic acids is 5. The van der Waals surface area contributed by atoms with Crippen LogP contribution in [0, 0.1) is 5.92 Å². The van der Waals surface area contributed by atoms with E-state index in [1.165, 1.54) is 20.8 Å². The first kappa shape index (κ1) is 23.9. The lowest BCUT2D eigenvalue weighted by Crippen LogP contribution is -2.50. The summed E-state index contributed by atoms with van der Waals surface area (Å²) in [5, 5.41) is 5.10. The summed E-state index contributed by atoms with van der Waals surface area (Å²) in [5.74, 6) is -0.298. The van der Waals surface area contributed by atoms with E-state index in [2.05, 4.69) is 10.6 Å². The summed E-state index contributed by atoms with van der Waals surface area (Å²) in [5.41, 5.74) is 0. The average molecular weight is 368 g/mol. The second kappa shape index (κ2) is 12.3. The third-order valence-corrected chi connectivity index (χ3v) is 4.19. The van der Waals surface area contributed by atoms with E-state index in [1.54, 1.807) is 0 Å². The highest BCUT2D eigenvalue weighted by Gasteiger charge is 2.21. The van der Waals surface area contributed by atoms with Crippen LogP contribution in [0.3, 0.4) is 0 Å². The van der Waals surface area contributed by atoms with Gasteiger partial charge in [-0.2, -0.15) is 0 Å². The normalized spacial score (nSPS) is 13.0. The maximum absolute atomic E-state index is 12.1. The highest BCUT2D eigenvalue weighted by Crippen LogP contribution is 2.09. The topological polar surface area (TPSA) is 109 Å². The lowest BCUT2D eigenvalue weighted by molar-refractivity contribution is -0.122. The molecule has 0 rings (SSSR count). The monoisotopic (exact) mass is 368 g/mol. The number of urea groups is 1. The highest BCUT2D eigenvalue weighted by molar-refractivity contribution is 5.90. The molecule has 0 saturated carbocycles. The minimum atomic E-state index is -0.754. The Bertz CT molecular complexity index is 528. The van der Waals surface area contributed by atoms with E-state index < -0.39 is 18.1 Å². The Kier molecular flexibility index (Phi) is 11.4. The molecule has 0 unspecified atom stereocenters. The fraction of sp³-hybridized carbons (Fsp3) is 0.737. The van der Waals surface area contributed by atoms with Gasteiger partial charge in [-0.15, -0.1) is 0 Å². The number of hydrogen-bond donors (Lipinski definition) is 2. The molecule has 0 aromatic heterocycles. The third kappa shape index (κ3) is 10.7. The smallest absolute Gasteiger partial charge is 0.315 e. The molecule has 0 bridgehead atoms. The number of unbranched alkanes of at least 4 members (excludes halogenated alkanes) is 1. The predicted molar refractivity (Wildman–Crippen MR) is 98.8 cm³/mol. The summed E-state index contributed by atoms with van der Waals surface area (Å²) in [6.07, 6.45) is 2.64. The van der Waals surface area contributed by atoms with Crippen molar-refractivity contribution in [3.63, 3.8) is 0 Å². The van der Waals surface area contributed by atoms with E-state index >= 15 is 0 Å². The maximum atomic E-state index is 12.1. The Balaban J connectivity index is 4.47. The van der Waals surface area contributed by atoms with Crippen molar-refractivity contribution >= 4 is 29.2 Å². The van der Waals surface area contributed by atoms with Gasteiger partial charge in [-0.3, -0.25) is 14.4 Å². The molecule has 0 aliphatic heterocycles. The number of rotatable bonds is 13. The van der Waals surface area contributed by atoms with Crippen molar-refractivity contribution in [1.82, 2.24) is 10.6 Å². The van der Waals surface area contributed by atoms with Gasteiger partial charge in [0, 0.05) is 18.8 Å². The molecule has 7 heteroatoms. The molecule has 0 aromatic rings. The van der Waals surface area contributed by atoms with Crippen LogP contribution in [-0.2, 0) is 19.2 Å². The number of amides is 2. The van der Waals surface area contributed by atoms with Gasteiger partial charge >= 0.3 is 6.03 Å². The lowest BCUT2D eigenvalue weighted by Gasteiger charge is -2.20. The van der Waals surface area contributed by atoms with Crippen molar-refractivity contribution in [3.8, 4) is 0 Å². The van der Waals surface area contributed by atoms with Crippen LogP contribution in [0.2, 0.25) is 0 Å². The molecule has 7 nitrogen and oxygen atoms in total. The first-order chi connectivity index (χ1) is 12.0. The standard InChI is InChI=1S/C19H32N2O5/c1-12(2)18(25)9-7-6-8-16(14(4)23)20-19(26)21-17(15(5)24)11-10-13(3)22/h12,16-17H,6-11H2,1-5H3,(H2,20,21,26)/t16-,17-/m0/s1. The molecule has 0 fully saturated rings. The van der Waals surface area contributed by atoms with Gasteiger partial charge in [0.15, 0.2) is 11.6 Å². The van der Waals surface area contributed by atoms with Crippen molar-refractivity contribution in [1.29, 1.82) is 0 Å². The van der Waals surface area contributed by atoms with Gasteiger partial charge in [0.05, 0.1) is 12.1 Å². The largest absolute Gasteiger partial charge is 0.328 e. The molecule has 0 aliphatic rings. The molecule has 26 heavy (non-hydrogen) atoms. The van der Waals surface area contributed by atoms with E-state index in [0.29, 0.717) is 25.7 Å². The maximum Gasteiger partial charge on any atom is 0.315 e. The molecule has 0 heterocycles. The van der Waals surface area contributed by atoms with Crippen LogP contribution in [0.15, 0.2) is 0 Å². The fourth-order valence-corrected chi connectivity index (χ4v) is 2.40. The quantitative estimate of drug-likeness (QED) is 0.485. The molecule has 2 atom stereocenters. The third-order valence-electron chi connectivity index (χ3n) is 4.19. The summed E-state index contributed by atoms with van der Waals surface area (Å²) < 4.78 is 0. The Morgan fingerprint density at radius 3 is 1.65 bits per heavy atom. The van der Waals surface area contributed by atoms with E-state index in [1.807, 2.05) is 13.8 Å². The van der Waals surface area contributed by atoms with Gasteiger partial charge in [-0.25, -0.2) is 4.79 Å². The second-order valence-corrected chi connectivity index (χ2v) is 7.05. The van der Waals surface area contributed by atoms with Crippen LogP contribution in [0.5, 0.6) is 0 Å². The summed E-state index contributed by atoms with van der Waals surface area (Å²) in [6, 6.07) is -2.02. The second-order valence-electron chi connectivity index (χ2n) is 7.05. The van der Waals surface area contributed by atoms with Crippen LogP contribution in [0.4, 0.5) is 4.79 Å². The Hall–Kier alpha value is -2.05. The average Bonchev–Trinajstić information content (AvgIpc) is 2.52. The zero-order chi connectivity index (χ0) is 20.3. The zero-order valence-electron chi connectivity index (χ0n) is 16.5. The first-order valence-corrected chi connectivity index (χ1v) is 9.14. The van der Waals surface area contributed by atoms with Gasteiger partial charge in [0.25, 0.3) is 0 Å². The van der Waals surface area contributed by atoms with Crippen LogP contribution < -0.4 is 10.6 Å². The van der Waals surface area contributed by atoms with Crippen molar-refractivity contribution in [2.45, 2.75) is 85.2 Å². The summed E-state index contributed by atoms with van der Waals surface area (Å²) in [6.45, 7) is 7.86. The van der Waals surface area contributed by atoms with E-state index in [-0.39, 0.29) is 41.9 Å². The number of nitrogens with one attached hydrogen (secondary N) is 2. The summed E-state index contributed by atoms with van der Waals surface area (Å²) in [7, 11) is 0. The molecule has 148 valence electrons. The molecule has 0 spiro atoms. The Morgan fingerprint density at radius 2 is 1.23 bits per heavy atom. The van der Waals surface area contributed by atoms with Crippen LogP contribution >= 0.6 is 0 Å². The Morgan fingerprint density at radius 1 is 0.731 bits per heavy atom. The van der Waals surface area contributed by atoms with Gasteiger partial charge in [0.1, 0.15) is 11.6 Å². The van der Waals surface area contributed by atoms with Crippen LogP contribution in [0.25, 0.3) is 0 Å². The minimum absolute atomic E-state index is 0.000948. The molecule has 0 radical (unpaired) electrons. The molecule has 0 aliphatic carbocycles. The number of carbonyl (C=O) groups is 5. The van der Waals surface area contributed by atoms with E-state index in [4.69, 9.17) is 0 Å². The van der Waals surface area contributed by atoms with Gasteiger partial charge in [-0.05, 0) is 40.0 Å². The number of ketones is 4. The molecular formula is C19H32N2O5. The van der Waals surface area contributed by atoms with Gasteiger partial charge < -0.3 is 15.4 Å². The molecule has 2 N–H and O–H groups in total. The number of hydrogen-bond acceptors (Lipinski definition) is 5. The van der Waals surface area contributed by atoms with Gasteiger partial charge in [-0.1, -0.05) is 20.3 Å². The Labute approximate surface area is 155 Å². The minimum Gasteiger partial charge on any atom is -0.328 e. The summed E-state index contributed by atoms with van der Waals surface area (Å²) >= 11 is 0. The van der Waals surface area contributed by atoms with Crippen LogP contribution in [0.1, 0.15) is 73.1 Å². The molecular weight excluding hydrogens is 336 g/mol. The highest BCUT2D eigenvalue weighted by atomic mass is 16.2. The summed E-state index contributed by atoms with van der Waals surface area (Å²) in [4.78, 5) is 58.0. The van der Waals surface area contributed by atoms with E-state index in [9.17, 15) is 24.0 Å². The van der Waals surface area contributed by atoms with Crippen molar-refractivity contribution in [2.24, 2.45) is 5.92 Å². The predicted octanol–water partition coefficient (Wildman–Crippen LogP) is 2.36. The zero-order valence-corrected chi connectivity index (χ0v) is 16.5. The fourth-order valence-electron chi connectivity index (χ4n) is 2.40. The van der Waals surface area contributed by atoms with Crippen molar-refractivity contribution in [2.75, 3.05) is 0 Å². The molecule has 2 amide bonds. The van der Waals surface area contributed by atoms with Crippen LogP contribution in [-0.4, -0.2) is 41.2 Å². The van der Waals surface area contributed by atoms with E-state index in [0.717, 1.165) is 0 Å². The van der Waals surface area contributed by atoms with Crippen molar-refractivity contribution in [3.05, 3.63) is 0 Å². The molecule has 0 aromatic carbocycles. The molecule has 0 saturated heterocycles. The van der Waals surface area contributed by atoms with Crippen molar-refractivity contribution < 1.29 is 24.0 Å². The number of Topliss-reactive ketones (excluding diaryl/α,β-unsaturated/α-hetero) is 4.